The number of carbonyl (C=O) groups is 1. The summed E-state index contributed by atoms with van der Waals surface area (Å²) in [7, 11) is 0. The number of anilines is 1. The second kappa shape index (κ2) is 8.28. The zero-order valence-electron chi connectivity index (χ0n) is 19.3. The number of epoxide rings is 1. The molecular formula is C24H27F2N5O3. The average molecular weight is 472 g/mol. The number of amides is 1. The molecule has 5 rings (SSSR count). The van der Waals surface area contributed by atoms with Crippen LogP contribution in [0.1, 0.15) is 44.0 Å². The standard InChI is InChI=1S/C24H27F2N5O3/c1-23(2,3)34-22-20(33-22)29-17-11-18(14-27-13-17)31-7-4-15-10-16(12-28-19(15)31)21(32)30-8-5-24(25,26)6-9-30/h4,7,10-14,20,22,29H,5-6,8-9H2,1-3H3. The molecule has 2 aliphatic rings. The number of alkyl halides is 2. The van der Waals surface area contributed by atoms with Gasteiger partial charge >= 0.3 is 0 Å². The molecule has 2 aliphatic heterocycles. The third-order valence-corrected chi connectivity index (χ3v) is 5.79. The Labute approximate surface area is 195 Å². The number of aromatic nitrogens is 3. The van der Waals surface area contributed by atoms with Gasteiger partial charge in [-0.1, -0.05) is 0 Å². The maximum atomic E-state index is 13.4. The zero-order valence-corrected chi connectivity index (χ0v) is 19.3. The van der Waals surface area contributed by atoms with E-state index in [-0.39, 0.29) is 50.0 Å². The Bertz CT molecular complexity index is 1210. The van der Waals surface area contributed by atoms with Crippen LogP contribution < -0.4 is 5.32 Å². The number of carbonyl (C=O) groups excluding carboxylic acids is 1. The molecule has 2 unspecified atom stereocenters. The molecule has 5 heterocycles. The lowest BCUT2D eigenvalue weighted by Crippen LogP contribution is -2.42. The van der Waals surface area contributed by atoms with Gasteiger partial charge in [-0.2, -0.15) is 0 Å². The molecule has 2 fully saturated rings. The van der Waals surface area contributed by atoms with Crippen molar-refractivity contribution < 1.29 is 23.0 Å². The summed E-state index contributed by atoms with van der Waals surface area (Å²) >= 11 is 0. The van der Waals surface area contributed by atoms with E-state index in [1.165, 1.54) is 11.1 Å². The van der Waals surface area contributed by atoms with E-state index in [2.05, 4.69) is 15.3 Å². The highest BCUT2D eigenvalue weighted by molar-refractivity contribution is 5.97. The molecule has 0 bridgehead atoms. The van der Waals surface area contributed by atoms with Gasteiger partial charge in [-0.3, -0.25) is 14.3 Å². The number of halogens is 2. The number of ether oxygens (including phenoxy) is 2. The molecule has 10 heteroatoms. The summed E-state index contributed by atoms with van der Waals surface area (Å²) in [4.78, 5) is 23.1. The summed E-state index contributed by atoms with van der Waals surface area (Å²) in [6.45, 7) is 6.01. The molecule has 8 nitrogen and oxygen atoms in total. The number of fused-ring (bicyclic) bond motifs is 1. The summed E-state index contributed by atoms with van der Waals surface area (Å²) < 4.78 is 40.1. The minimum Gasteiger partial charge on any atom is -0.355 e. The van der Waals surface area contributed by atoms with Gasteiger partial charge in [0.1, 0.15) is 5.65 Å². The lowest BCUT2D eigenvalue weighted by atomic mass is 10.1. The minimum atomic E-state index is -2.69. The number of hydrogen-bond donors (Lipinski definition) is 1. The molecular weight excluding hydrogens is 444 g/mol. The third kappa shape index (κ3) is 4.88. The van der Waals surface area contributed by atoms with E-state index in [0.29, 0.717) is 11.2 Å². The smallest absolute Gasteiger partial charge is 0.255 e. The quantitative estimate of drug-likeness (QED) is 0.562. The molecule has 0 radical (unpaired) electrons. The van der Waals surface area contributed by atoms with Crippen LogP contribution in [0, 0.1) is 0 Å². The van der Waals surface area contributed by atoms with E-state index >= 15 is 0 Å². The topological polar surface area (TPSA) is 84.8 Å². The first-order valence-corrected chi connectivity index (χ1v) is 11.3. The van der Waals surface area contributed by atoms with Crippen LogP contribution in [-0.4, -0.2) is 62.5 Å². The van der Waals surface area contributed by atoms with Crippen molar-refractivity contribution in [2.24, 2.45) is 0 Å². The van der Waals surface area contributed by atoms with Gasteiger partial charge in [0, 0.05) is 43.7 Å². The fraction of sp³-hybridized carbons (Fsp3) is 0.458. The van der Waals surface area contributed by atoms with Crippen LogP contribution in [0.3, 0.4) is 0 Å². The summed E-state index contributed by atoms with van der Waals surface area (Å²) in [6, 6.07) is 5.54. The van der Waals surface area contributed by atoms with Crippen molar-refractivity contribution in [3.8, 4) is 5.69 Å². The first kappa shape index (κ1) is 22.7. The summed E-state index contributed by atoms with van der Waals surface area (Å²) in [5, 5.41) is 4.03. The first-order chi connectivity index (χ1) is 16.1. The minimum absolute atomic E-state index is 0.0443. The average Bonchev–Trinajstić information content (AvgIpc) is 3.33. The van der Waals surface area contributed by atoms with Crippen LogP contribution in [0.2, 0.25) is 0 Å². The Hall–Kier alpha value is -3.11. The molecule has 3 aromatic rings. The number of hydrogen-bond acceptors (Lipinski definition) is 6. The molecule has 2 atom stereocenters. The van der Waals surface area contributed by atoms with Crippen molar-refractivity contribution >= 4 is 22.6 Å². The van der Waals surface area contributed by atoms with Crippen LogP contribution in [0.25, 0.3) is 16.7 Å². The van der Waals surface area contributed by atoms with Gasteiger partial charge in [-0.15, -0.1) is 0 Å². The number of piperidine rings is 1. The Morgan fingerprint density at radius 1 is 1.21 bits per heavy atom. The first-order valence-electron chi connectivity index (χ1n) is 11.3. The molecule has 0 spiro atoms. The fourth-order valence-electron chi connectivity index (χ4n) is 4.01. The van der Waals surface area contributed by atoms with Gasteiger partial charge in [-0.25, -0.2) is 13.8 Å². The van der Waals surface area contributed by atoms with Crippen LogP contribution in [0.15, 0.2) is 43.0 Å². The number of nitrogens with one attached hydrogen (secondary N) is 1. The highest BCUT2D eigenvalue weighted by Crippen LogP contribution is 2.31. The lowest BCUT2D eigenvalue weighted by molar-refractivity contribution is -0.0569. The van der Waals surface area contributed by atoms with E-state index in [4.69, 9.17) is 9.47 Å². The second-order valence-corrected chi connectivity index (χ2v) is 9.70. The predicted molar refractivity (Wildman–Crippen MR) is 122 cm³/mol. The monoisotopic (exact) mass is 471 g/mol. The molecule has 0 saturated carbocycles. The molecule has 1 N–H and O–H groups in total. The SMILES string of the molecule is CC(C)(C)OC1OC1Nc1cncc(-n2ccc3cc(C(=O)N4CCC(F)(F)CC4)cnc32)c1. The molecule has 34 heavy (non-hydrogen) atoms. The van der Waals surface area contributed by atoms with Gasteiger partial charge < -0.3 is 19.7 Å². The summed E-state index contributed by atoms with van der Waals surface area (Å²) in [5.41, 5.74) is 2.32. The third-order valence-electron chi connectivity index (χ3n) is 5.79. The largest absolute Gasteiger partial charge is 0.355 e. The number of rotatable bonds is 5. The van der Waals surface area contributed by atoms with E-state index in [9.17, 15) is 13.6 Å². The number of likely N-dealkylation sites (tertiary alicyclic amines) is 1. The molecule has 0 aromatic carbocycles. The van der Waals surface area contributed by atoms with E-state index in [1.54, 1.807) is 18.5 Å². The lowest BCUT2D eigenvalue weighted by Gasteiger charge is -2.31. The van der Waals surface area contributed by atoms with E-state index in [1.807, 2.05) is 43.7 Å². The van der Waals surface area contributed by atoms with Crippen LogP contribution in [-0.2, 0) is 9.47 Å². The van der Waals surface area contributed by atoms with Gasteiger partial charge in [-0.05, 0) is 39.0 Å². The Balaban J connectivity index is 1.31. The maximum Gasteiger partial charge on any atom is 0.255 e. The van der Waals surface area contributed by atoms with Gasteiger partial charge in [0.25, 0.3) is 11.8 Å². The molecule has 1 amide bonds. The highest BCUT2D eigenvalue weighted by atomic mass is 19.3. The summed E-state index contributed by atoms with van der Waals surface area (Å²) in [6.07, 6.45) is 5.62. The van der Waals surface area contributed by atoms with Crippen molar-refractivity contribution in [3.63, 3.8) is 0 Å². The van der Waals surface area contributed by atoms with Crippen LogP contribution >= 0.6 is 0 Å². The van der Waals surface area contributed by atoms with Crippen molar-refractivity contribution in [3.05, 3.63) is 48.5 Å². The van der Waals surface area contributed by atoms with Crippen LogP contribution in [0.5, 0.6) is 0 Å². The number of nitrogens with zero attached hydrogens (tertiary/aromatic N) is 4. The fourth-order valence-corrected chi connectivity index (χ4v) is 4.01. The zero-order chi connectivity index (χ0) is 24.1. The van der Waals surface area contributed by atoms with Gasteiger partial charge in [0.2, 0.25) is 6.29 Å². The van der Waals surface area contributed by atoms with Crippen LogP contribution in [0.4, 0.5) is 14.5 Å². The Kier molecular flexibility index (Phi) is 5.52. The van der Waals surface area contributed by atoms with E-state index in [0.717, 1.165) is 16.8 Å². The van der Waals surface area contributed by atoms with Gasteiger partial charge in [0.15, 0.2) is 6.23 Å². The molecule has 3 aromatic heterocycles. The Morgan fingerprint density at radius 2 is 1.97 bits per heavy atom. The van der Waals surface area contributed by atoms with E-state index < -0.39 is 5.92 Å². The number of pyridine rings is 2. The normalized spacial score (nSPS) is 22.1. The Morgan fingerprint density at radius 3 is 2.71 bits per heavy atom. The van der Waals surface area contributed by atoms with Gasteiger partial charge in [0.05, 0.1) is 34.9 Å². The van der Waals surface area contributed by atoms with Crippen molar-refractivity contribution in [1.29, 1.82) is 0 Å². The predicted octanol–water partition coefficient (Wildman–Crippen LogP) is 4.20. The molecule has 2 saturated heterocycles. The van der Waals surface area contributed by atoms with Crippen molar-refractivity contribution in [2.75, 3.05) is 18.4 Å². The molecule has 0 aliphatic carbocycles. The maximum absolute atomic E-state index is 13.4. The second-order valence-electron chi connectivity index (χ2n) is 9.70. The highest BCUT2D eigenvalue weighted by Gasteiger charge is 2.43. The van der Waals surface area contributed by atoms with Crippen molar-refractivity contribution in [2.45, 2.75) is 57.7 Å². The molecule has 180 valence electrons. The van der Waals surface area contributed by atoms with Crippen molar-refractivity contribution in [1.82, 2.24) is 19.4 Å². The summed E-state index contributed by atoms with van der Waals surface area (Å²) in [5.74, 6) is -2.97.